The highest BCUT2D eigenvalue weighted by Crippen LogP contribution is 2.34. The molecule has 0 saturated heterocycles. The molecule has 12 heteroatoms. The van der Waals surface area contributed by atoms with Gasteiger partial charge in [0.05, 0.1) is 11.3 Å². The number of hydrogen-bond donors (Lipinski definition) is 1. The maximum absolute atomic E-state index is 14.3. The van der Waals surface area contributed by atoms with Gasteiger partial charge in [-0.3, -0.25) is 9.78 Å². The highest BCUT2D eigenvalue weighted by atomic mass is 35.5. The van der Waals surface area contributed by atoms with Crippen molar-refractivity contribution in [1.29, 1.82) is 0 Å². The lowest BCUT2D eigenvalue weighted by Gasteiger charge is -2.13. The molecule has 0 aliphatic rings. The van der Waals surface area contributed by atoms with E-state index in [1.807, 2.05) is 0 Å². The summed E-state index contributed by atoms with van der Waals surface area (Å²) in [6, 6.07) is 3.59. The number of alkyl halides is 3. The number of benzene rings is 1. The van der Waals surface area contributed by atoms with Crippen molar-refractivity contribution in [2.45, 2.75) is 19.2 Å². The molecule has 0 aliphatic carbocycles. The average molecular weight is 448 g/mol. The Kier molecular flexibility index (Phi) is 5.66. The van der Waals surface area contributed by atoms with Crippen LogP contribution in [0.1, 0.15) is 34.8 Å². The van der Waals surface area contributed by atoms with Gasteiger partial charge >= 0.3 is 6.18 Å². The first-order chi connectivity index (χ1) is 14.0. The minimum Gasteiger partial charge on any atom is -0.478 e. The second-order valence-electron chi connectivity index (χ2n) is 5.96. The van der Waals surface area contributed by atoms with E-state index in [1.54, 1.807) is 0 Å². The van der Waals surface area contributed by atoms with Crippen LogP contribution < -0.4 is 10.5 Å². The normalized spacial score (nSPS) is 12.6. The Bertz CT molecular complexity index is 1100. The molecule has 0 saturated carbocycles. The summed E-state index contributed by atoms with van der Waals surface area (Å²) >= 11 is 5.94. The molecule has 158 valence electrons. The largest absolute Gasteiger partial charge is 0.478 e. The van der Waals surface area contributed by atoms with E-state index in [4.69, 9.17) is 26.5 Å². The van der Waals surface area contributed by atoms with Gasteiger partial charge in [0.15, 0.2) is 17.7 Å². The molecule has 3 aromatic rings. The van der Waals surface area contributed by atoms with Crippen LogP contribution in [0.4, 0.5) is 22.0 Å². The van der Waals surface area contributed by atoms with Crippen LogP contribution in [0.3, 0.4) is 0 Å². The van der Waals surface area contributed by atoms with Gasteiger partial charge in [-0.25, -0.2) is 13.8 Å². The number of nitrogens with zero attached hydrogens (tertiary/aromatic N) is 2. The van der Waals surface area contributed by atoms with Gasteiger partial charge in [0.25, 0.3) is 5.91 Å². The third kappa shape index (κ3) is 4.20. The van der Waals surface area contributed by atoms with Crippen molar-refractivity contribution in [2.24, 2.45) is 5.73 Å². The van der Waals surface area contributed by atoms with Crippen molar-refractivity contribution in [1.82, 2.24) is 9.97 Å². The zero-order valence-corrected chi connectivity index (χ0v) is 15.7. The van der Waals surface area contributed by atoms with Crippen LogP contribution in [0.5, 0.6) is 5.75 Å². The third-order valence-corrected chi connectivity index (χ3v) is 4.15. The Balaban J connectivity index is 1.87. The summed E-state index contributed by atoms with van der Waals surface area (Å²) in [7, 11) is 0. The second-order valence-corrected chi connectivity index (χ2v) is 6.31. The predicted molar refractivity (Wildman–Crippen MR) is 93.7 cm³/mol. The summed E-state index contributed by atoms with van der Waals surface area (Å²) in [5.74, 6) is -4.45. The fraction of sp³-hybridized carbons (Fsp3) is 0.167. The van der Waals surface area contributed by atoms with Gasteiger partial charge in [-0.05, 0) is 42.8 Å². The van der Waals surface area contributed by atoms with Crippen molar-refractivity contribution in [3.63, 3.8) is 0 Å². The lowest BCUT2D eigenvalue weighted by atomic mass is 10.1. The summed E-state index contributed by atoms with van der Waals surface area (Å²) in [6.07, 6.45) is -5.03. The Morgan fingerprint density at radius 3 is 2.50 bits per heavy atom. The molecular weight excluding hydrogens is 437 g/mol. The number of primary amides is 1. The summed E-state index contributed by atoms with van der Waals surface area (Å²) in [6.45, 7) is 1.39. The first-order valence-electron chi connectivity index (χ1n) is 8.13. The van der Waals surface area contributed by atoms with Crippen LogP contribution in [0.15, 0.2) is 34.9 Å². The molecule has 1 aromatic carbocycles. The SMILES string of the molecule is CC(Oc1ccc(F)c(C(N)=O)c1F)c1nc(-c2ccc(C(F)(F)F)cn2)c(Cl)o1. The minimum atomic E-state index is -4.56. The van der Waals surface area contributed by atoms with E-state index in [0.717, 1.165) is 24.3 Å². The highest BCUT2D eigenvalue weighted by Gasteiger charge is 2.31. The standard InChI is InChI=1S/C18H11ClF5N3O3/c1-7(29-11-5-3-9(20)12(13(11)21)16(25)28)17-27-14(15(19)30-17)10-4-2-8(6-26-10)18(22,23)24/h2-7H,1H3,(H2,25,28). The summed E-state index contributed by atoms with van der Waals surface area (Å²) in [5, 5.41) is -0.287. The van der Waals surface area contributed by atoms with Gasteiger partial charge in [-0.2, -0.15) is 13.2 Å². The van der Waals surface area contributed by atoms with Crippen molar-refractivity contribution in [3.05, 3.63) is 64.3 Å². The number of hydrogen-bond acceptors (Lipinski definition) is 5. The van der Waals surface area contributed by atoms with Gasteiger partial charge < -0.3 is 14.9 Å². The maximum Gasteiger partial charge on any atom is 0.417 e. The first-order valence-corrected chi connectivity index (χ1v) is 8.51. The van der Waals surface area contributed by atoms with Crippen molar-refractivity contribution >= 4 is 17.5 Å². The molecule has 0 radical (unpaired) electrons. The maximum atomic E-state index is 14.3. The lowest BCUT2D eigenvalue weighted by Crippen LogP contribution is -2.16. The Labute approximate surface area is 170 Å². The van der Waals surface area contributed by atoms with E-state index < -0.39 is 46.7 Å². The van der Waals surface area contributed by atoms with Crippen LogP contribution in [-0.4, -0.2) is 15.9 Å². The first kappa shape index (κ1) is 21.5. The number of carbonyl (C=O) groups is 1. The van der Waals surface area contributed by atoms with Gasteiger partial charge in [0.2, 0.25) is 11.1 Å². The summed E-state index contributed by atoms with van der Waals surface area (Å²) < 4.78 is 76.4. The number of rotatable bonds is 5. The molecule has 3 rings (SSSR count). The van der Waals surface area contributed by atoms with Crippen molar-refractivity contribution in [3.8, 4) is 17.1 Å². The van der Waals surface area contributed by atoms with E-state index in [1.165, 1.54) is 6.92 Å². The lowest BCUT2D eigenvalue weighted by molar-refractivity contribution is -0.137. The van der Waals surface area contributed by atoms with Gasteiger partial charge in [0, 0.05) is 6.20 Å². The minimum absolute atomic E-state index is 0.000762. The Morgan fingerprint density at radius 1 is 1.23 bits per heavy atom. The number of carbonyl (C=O) groups excluding carboxylic acids is 1. The van der Waals surface area contributed by atoms with Crippen LogP contribution >= 0.6 is 11.6 Å². The van der Waals surface area contributed by atoms with Crippen LogP contribution in [0.25, 0.3) is 11.4 Å². The second kappa shape index (κ2) is 7.90. The van der Waals surface area contributed by atoms with Gasteiger partial charge in [-0.1, -0.05) is 0 Å². The zero-order valence-electron chi connectivity index (χ0n) is 14.9. The predicted octanol–water partition coefficient (Wildman–Crippen LogP) is 4.93. The molecule has 2 aromatic heterocycles. The molecule has 2 heterocycles. The van der Waals surface area contributed by atoms with Gasteiger partial charge in [0.1, 0.15) is 17.1 Å². The van der Waals surface area contributed by atoms with Gasteiger partial charge in [-0.15, -0.1) is 0 Å². The molecule has 30 heavy (non-hydrogen) atoms. The van der Waals surface area contributed by atoms with Crippen molar-refractivity contribution in [2.75, 3.05) is 0 Å². The molecule has 1 atom stereocenters. The Morgan fingerprint density at radius 2 is 1.93 bits per heavy atom. The van der Waals surface area contributed by atoms with Crippen LogP contribution in [-0.2, 0) is 6.18 Å². The smallest absolute Gasteiger partial charge is 0.417 e. The number of aromatic nitrogens is 2. The molecular formula is C18H11ClF5N3O3. The molecule has 0 aliphatic heterocycles. The van der Waals surface area contributed by atoms with E-state index >= 15 is 0 Å². The number of oxazole rings is 1. The molecule has 6 nitrogen and oxygen atoms in total. The number of pyridine rings is 1. The Hall–Kier alpha value is -3.21. The highest BCUT2D eigenvalue weighted by molar-refractivity contribution is 6.31. The molecule has 0 spiro atoms. The number of halogens is 6. The van der Waals surface area contributed by atoms with Crippen molar-refractivity contribution < 1.29 is 35.9 Å². The average Bonchev–Trinajstić information content (AvgIpc) is 3.05. The number of nitrogens with two attached hydrogens (primary N) is 1. The summed E-state index contributed by atoms with van der Waals surface area (Å²) in [4.78, 5) is 18.9. The fourth-order valence-corrected chi connectivity index (χ4v) is 2.66. The fourth-order valence-electron chi connectivity index (χ4n) is 2.44. The zero-order chi connectivity index (χ0) is 22.2. The van der Waals surface area contributed by atoms with Crippen LogP contribution in [0.2, 0.25) is 5.22 Å². The van der Waals surface area contributed by atoms with E-state index in [9.17, 15) is 26.7 Å². The van der Waals surface area contributed by atoms with E-state index in [2.05, 4.69) is 9.97 Å². The topological polar surface area (TPSA) is 91.2 Å². The number of ether oxygens (including phenoxy) is 1. The van der Waals surface area contributed by atoms with E-state index in [0.29, 0.717) is 6.20 Å². The molecule has 0 bridgehead atoms. The van der Waals surface area contributed by atoms with Crippen LogP contribution in [0, 0.1) is 11.6 Å². The third-order valence-electron chi connectivity index (χ3n) is 3.89. The monoisotopic (exact) mass is 447 g/mol. The number of amides is 1. The van der Waals surface area contributed by atoms with E-state index in [-0.39, 0.29) is 22.5 Å². The summed E-state index contributed by atoms with van der Waals surface area (Å²) in [5.41, 5.74) is 2.96. The quantitative estimate of drug-likeness (QED) is 0.560. The molecule has 1 amide bonds. The molecule has 2 N–H and O–H groups in total. The molecule has 1 unspecified atom stereocenters. The molecule has 0 fully saturated rings.